The molecule has 0 aromatic heterocycles. The third-order valence-corrected chi connectivity index (χ3v) is 2.30. The van der Waals surface area contributed by atoms with Crippen LogP contribution in [0.1, 0.15) is 18.4 Å². The van der Waals surface area contributed by atoms with Crippen molar-refractivity contribution in [2.75, 3.05) is 6.61 Å². The minimum Gasteiger partial charge on any atom is -0.396 e. The molecule has 0 aliphatic carbocycles. The summed E-state index contributed by atoms with van der Waals surface area (Å²) in [4.78, 5) is 0. The van der Waals surface area contributed by atoms with Crippen LogP contribution in [0.25, 0.3) is 0 Å². The van der Waals surface area contributed by atoms with Gasteiger partial charge in [-0.25, -0.2) is 0 Å². The monoisotopic (exact) mass is 212 g/mol. The van der Waals surface area contributed by atoms with E-state index in [9.17, 15) is 15.3 Å². The van der Waals surface area contributed by atoms with Crippen LogP contribution in [0.4, 0.5) is 0 Å². The minimum atomic E-state index is -2.25. The molecule has 0 spiro atoms. The second-order valence-electron chi connectivity index (χ2n) is 3.47. The molecule has 0 saturated carbocycles. The van der Waals surface area contributed by atoms with Crippen LogP contribution in [-0.2, 0) is 5.79 Å². The van der Waals surface area contributed by atoms with Crippen molar-refractivity contribution in [2.24, 2.45) is 0 Å². The van der Waals surface area contributed by atoms with Crippen molar-refractivity contribution in [3.8, 4) is 0 Å². The van der Waals surface area contributed by atoms with Crippen molar-refractivity contribution < 1.29 is 20.4 Å². The van der Waals surface area contributed by atoms with Crippen LogP contribution in [0.15, 0.2) is 30.3 Å². The lowest BCUT2D eigenvalue weighted by Crippen LogP contribution is -2.39. The molecule has 1 rings (SSSR count). The second kappa shape index (κ2) is 5.23. The summed E-state index contributed by atoms with van der Waals surface area (Å²) in [5.74, 6) is -2.25. The Labute approximate surface area is 88.4 Å². The van der Waals surface area contributed by atoms with Gasteiger partial charge in [0, 0.05) is 12.2 Å². The molecule has 0 amide bonds. The van der Waals surface area contributed by atoms with E-state index >= 15 is 0 Å². The molecule has 0 heterocycles. The predicted octanol–water partition coefficient (Wildman–Crippen LogP) is -0.0426. The summed E-state index contributed by atoms with van der Waals surface area (Å²) in [7, 11) is 0. The second-order valence-corrected chi connectivity index (χ2v) is 3.47. The molecule has 1 atom stereocenters. The summed E-state index contributed by atoms with van der Waals surface area (Å²) in [6.07, 6.45) is -0.832. The molecular weight excluding hydrogens is 196 g/mol. The number of aliphatic hydroxyl groups excluding tert-OH is 2. The topological polar surface area (TPSA) is 80.9 Å². The van der Waals surface area contributed by atoms with Crippen molar-refractivity contribution in [3.05, 3.63) is 35.9 Å². The van der Waals surface area contributed by atoms with Crippen LogP contribution in [0.5, 0.6) is 0 Å². The van der Waals surface area contributed by atoms with Crippen molar-refractivity contribution in [1.82, 2.24) is 0 Å². The summed E-state index contributed by atoms with van der Waals surface area (Å²) in [6.45, 7) is -0.0814. The number of hydrogen-bond donors (Lipinski definition) is 4. The molecule has 0 aliphatic heterocycles. The first-order valence-corrected chi connectivity index (χ1v) is 4.88. The van der Waals surface area contributed by atoms with Gasteiger partial charge in [-0.2, -0.15) is 0 Å². The normalized spacial score (nSPS) is 13.9. The van der Waals surface area contributed by atoms with Crippen LogP contribution in [0, 0.1) is 0 Å². The van der Waals surface area contributed by atoms with Gasteiger partial charge in [-0.1, -0.05) is 30.3 Å². The van der Waals surface area contributed by atoms with Crippen molar-refractivity contribution in [1.29, 1.82) is 0 Å². The molecule has 0 saturated heterocycles. The van der Waals surface area contributed by atoms with E-state index in [1.165, 1.54) is 12.1 Å². The third-order valence-electron chi connectivity index (χ3n) is 2.30. The average Bonchev–Trinajstić information content (AvgIpc) is 2.27. The number of aliphatic hydroxyl groups is 4. The van der Waals surface area contributed by atoms with E-state index in [1.54, 1.807) is 18.2 Å². The minimum absolute atomic E-state index is 0.0814. The summed E-state index contributed by atoms with van der Waals surface area (Å²) in [5, 5.41) is 37.5. The molecule has 1 unspecified atom stereocenters. The Morgan fingerprint density at radius 2 is 1.73 bits per heavy atom. The van der Waals surface area contributed by atoms with Gasteiger partial charge in [-0.3, -0.25) is 0 Å². The molecule has 4 N–H and O–H groups in total. The van der Waals surface area contributed by atoms with E-state index in [-0.39, 0.29) is 18.6 Å². The zero-order valence-electron chi connectivity index (χ0n) is 8.37. The Morgan fingerprint density at radius 1 is 1.13 bits per heavy atom. The first-order valence-electron chi connectivity index (χ1n) is 4.88. The SMILES string of the molecule is OCCCC(O)C(O)(O)c1ccccc1. The zero-order chi connectivity index (χ0) is 11.3. The maximum Gasteiger partial charge on any atom is 0.216 e. The van der Waals surface area contributed by atoms with Crippen LogP contribution in [-0.4, -0.2) is 33.1 Å². The number of benzene rings is 1. The highest BCUT2D eigenvalue weighted by molar-refractivity contribution is 5.20. The van der Waals surface area contributed by atoms with E-state index in [1.807, 2.05) is 0 Å². The molecule has 0 fully saturated rings. The van der Waals surface area contributed by atoms with Gasteiger partial charge in [0.15, 0.2) is 0 Å². The summed E-state index contributed by atoms with van der Waals surface area (Å²) >= 11 is 0. The highest BCUT2D eigenvalue weighted by Crippen LogP contribution is 2.24. The summed E-state index contributed by atoms with van der Waals surface area (Å²) in [6, 6.07) is 8.13. The molecular formula is C11H16O4. The Kier molecular flexibility index (Phi) is 4.23. The van der Waals surface area contributed by atoms with Crippen molar-refractivity contribution in [2.45, 2.75) is 24.7 Å². The lowest BCUT2D eigenvalue weighted by molar-refractivity contribution is -0.236. The maximum atomic E-state index is 9.70. The lowest BCUT2D eigenvalue weighted by Gasteiger charge is -2.27. The third kappa shape index (κ3) is 3.00. The van der Waals surface area contributed by atoms with Crippen LogP contribution in [0.2, 0.25) is 0 Å². The van der Waals surface area contributed by atoms with Gasteiger partial charge in [0.1, 0.15) is 6.10 Å². The Morgan fingerprint density at radius 3 is 2.27 bits per heavy atom. The zero-order valence-corrected chi connectivity index (χ0v) is 8.37. The highest BCUT2D eigenvalue weighted by Gasteiger charge is 2.34. The standard InChI is InChI=1S/C11H16O4/c12-8-4-7-10(13)11(14,15)9-5-2-1-3-6-9/h1-3,5-6,10,12-15H,4,7-8H2. The molecule has 15 heavy (non-hydrogen) atoms. The van der Waals surface area contributed by atoms with Gasteiger partial charge in [0.05, 0.1) is 0 Å². The first-order chi connectivity index (χ1) is 7.09. The van der Waals surface area contributed by atoms with E-state index in [2.05, 4.69) is 0 Å². The van der Waals surface area contributed by atoms with Gasteiger partial charge in [-0.15, -0.1) is 0 Å². The van der Waals surface area contributed by atoms with E-state index in [4.69, 9.17) is 5.11 Å². The lowest BCUT2D eigenvalue weighted by atomic mass is 9.97. The molecule has 1 aromatic carbocycles. The highest BCUT2D eigenvalue weighted by atomic mass is 16.5. The predicted molar refractivity (Wildman–Crippen MR) is 54.9 cm³/mol. The van der Waals surface area contributed by atoms with Gasteiger partial charge in [-0.05, 0) is 12.8 Å². The quantitative estimate of drug-likeness (QED) is 0.516. The van der Waals surface area contributed by atoms with Crippen LogP contribution in [0.3, 0.4) is 0 Å². The summed E-state index contributed by atoms with van der Waals surface area (Å²) < 4.78 is 0. The van der Waals surface area contributed by atoms with Crippen molar-refractivity contribution in [3.63, 3.8) is 0 Å². The molecule has 0 bridgehead atoms. The Hall–Kier alpha value is -0.940. The van der Waals surface area contributed by atoms with Crippen LogP contribution < -0.4 is 0 Å². The van der Waals surface area contributed by atoms with Gasteiger partial charge in [0.25, 0.3) is 0 Å². The maximum absolute atomic E-state index is 9.70. The molecule has 84 valence electrons. The van der Waals surface area contributed by atoms with Crippen molar-refractivity contribution >= 4 is 0 Å². The van der Waals surface area contributed by atoms with Gasteiger partial charge >= 0.3 is 0 Å². The fraction of sp³-hybridized carbons (Fsp3) is 0.455. The molecule has 0 radical (unpaired) electrons. The number of hydrogen-bond acceptors (Lipinski definition) is 4. The fourth-order valence-electron chi connectivity index (χ4n) is 1.36. The largest absolute Gasteiger partial charge is 0.396 e. The van der Waals surface area contributed by atoms with E-state index in [0.29, 0.717) is 6.42 Å². The molecule has 0 aliphatic rings. The first kappa shape index (κ1) is 12.1. The molecule has 1 aromatic rings. The van der Waals surface area contributed by atoms with Gasteiger partial charge < -0.3 is 20.4 Å². The van der Waals surface area contributed by atoms with E-state index < -0.39 is 11.9 Å². The molecule has 4 nitrogen and oxygen atoms in total. The summed E-state index contributed by atoms with van der Waals surface area (Å²) in [5.41, 5.74) is 0.246. The van der Waals surface area contributed by atoms with Gasteiger partial charge in [0.2, 0.25) is 5.79 Å². The molecule has 4 heteroatoms. The number of rotatable bonds is 5. The Bertz CT molecular complexity index is 284. The van der Waals surface area contributed by atoms with Crippen LogP contribution >= 0.6 is 0 Å². The Balaban J connectivity index is 2.73. The fourth-order valence-corrected chi connectivity index (χ4v) is 1.36. The average molecular weight is 212 g/mol. The van der Waals surface area contributed by atoms with E-state index in [0.717, 1.165) is 0 Å². The smallest absolute Gasteiger partial charge is 0.216 e.